The molecule has 6 nitrogen and oxygen atoms in total. The number of amides is 1. The van der Waals surface area contributed by atoms with Gasteiger partial charge >= 0.3 is 0 Å². The Hall–Kier alpha value is -1.95. The maximum atomic E-state index is 12.4. The lowest BCUT2D eigenvalue weighted by Crippen LogP contribution is -2.41. The number of methoxy groups -OCH3 is 3. The summed E-state index contributed by atoms with van der Waals surface area (Å²) in [5, 5.41) is 12.1. The highest BCUT2D eigenvalue weighted by Gasteiger charge is 2.21. The monoisotopic (exact) mass is 297 g/mol. The van der Waals surface area contributed by atoms with Crippen molar-refractivity contribution in [2.45, 2.75) is 19.9 Å². The highest BCUT2D eigenvalue weighted by atomic mass is 16.5. The third-order valence-electron chi connectivity index (χ3n) is 3.27. The van der Waals surface area contributed by atoms with Crippen molar-refractivity contribution in [1.82, 2.24) is 5.32 Å². The fraction of sp³-hybridized carbons (Fsp3) is 0.533. The van der Waals surface area contributed by atoms with Crippen LogP contribution in [0.25, 0.3) is 0 Å². The Kier molecular flexibility index (Phi) is 6.30. The summed E-state index contributed by atoms with van der Waals surface area (Å²) in [6.07, 6.45) is 0. The van der Waals surface area contributed by atoms with Crippen LogP contribution in [-0.2, 0) is 0 Å². The van der Waals surface area contributed by atoms with E-state index in [2.05, 4.69) is 5.32 Å². The van der Waals surface area contributed by atoms with E-state index in [1.165, 1.54) is 21.3 Å². The molecule has 0 aliphatic carbocycles. The largest absolute Gasteiger partial charge is 0.496 e. The first-order valence-electron chi connectivity index (χ1n) is 6.70. The number of hydrogen-bond acceptors (Lipinski definition) is 5. The molecule has 1 aromatic rings. The van der Waals surface area contributed by atoms with Crippen molar-refractivity contribution < 1.29 is 24.1 Å². The van der Waals surface area contributed by atoms with Gasteiger partial charge in [-0.15, -0.1) is 0 Å². The standard InChI is InChI=1S/C15H23NO5/c1-9(2)11(8-17)16-15(18)10-6-13(20-4)14(21-5)7-12(10)19-3/h6-7,9,11,17H,8H2,1-5H3,(H,16,18)/t11-/m1/s1. The zero-order valence-electron chi connectivity index (χ0n) is 13.1. The summed E-state index contributed by atoms with van der Waals surface area (Å²) in [6, 6.07) is 2.83. The topological polar surface area (TPSA) is 77.0 Å². The summed E-state index contributed by atoms with van der Waals surface area (Å²) in [7, 11) is 4.48. The first-order valence-corrected chi connectivity index (χ1v) is 6.70. The van der Waals surface area contributed by atoms with Gasteiger partial charge in [0, 0.05) is 12.1 Å². The third kappa shape index (κ3) is 4.01. The van der Waals surface area contributed by atoms with Crippen molar-refractivity contribution in [1.29, 1.82) is 0 Å². The average molecular weight is 297 g/mol. The molecule has 0 unspecified atom stereocenters. The number of hydrogen-bond donors (Lipinski definition) is 2. The van der Waals surface area contributed by atoms with Crippen LogP contribution in [0.3, 0.4) is 0 Å². The van der Waals surface area contributed by atoms with Crippen molar-refractivity contribution in [3.8, 4) is 17.2 Å². The van der Waals surface area contributed by atoms with E-state index < -0.39 is 0 Å². The van der Waals surface area contributed by atoms with Gasteiger partial charge in [-0.2, -0.15) is 0 Å². The quantitative estimate of drug-likeness (QED) is 0.797. The van der Waals surface area contributed by atoms with Crippen LogP contribution in [0.15, 0.2) is 12.1 Å². The molecular formula is C15H23NO5. The van der Waals surface area contributed by atoms with E-state index in [-0.39, 0.29) is 24.5 Å². The van der Waals surface area contributed by atoms with Crippen LogP contribution in [0.5, 0.6) is 17.2 Å². The maximum absolute atomic E-state index is 12.4. The van der Waals surface area contributed by atoms with Gasteiger partial charge in [-0.05, 0) is 5.92 Å². The second-order valence-corrected chi connectivity index (χ2v) is 4.91. The molecular weight excluding hydrogens is 274 g/mol. The van der Waals surface area contributed by atoms with Crippen LogP contribution in [0.1, 0.15) is 24.2 Å². The molecule has 0 saturated heterocycles. The highest BCUT2D eigenvalue weighted by molar-refractivity contribution is 5.98. The molecule has 1 amide bonds. The lowest BCUT2D eigenvalue weighted by Gasteiger charge is -2.21. The van der Waals surface area contributed by atoms with Crippen LogP contribution >= 0.6 is 0 Å². The van der Waals surface area contributed by atoms with E-state index in [9.17, 15) is 9.90 Å². The summed E-state index contributed by atoms with van der Waals surface area (Å²) >= 11 is 0. The number of ether oxygens (including phenoxy) is 3. The number of carbonyl (C=O) groups is 1. The Balaban J connectivity index is 3.13. The average Bonchev–Trinajstić information content (AvgIpc) is 2.50. The lowest BCUT2D eigenvalue weighted by atomic mass is 10.0. The Morgan fingerprint density at radius 3 is 2.05 bits per heavy atom. The molecule has 0 spiro atoms. The van der Waals surface area contributed by atoms with E-state index in [0.29, 0.717) is 22.8 Å². The first kappa shape index (κ1) is 17.1. The predicted octanol–water partition coefficient (Wildman–Crippen LogP) is 1.46. The van der Waals surface area contributed by atoms with E-state index >= 15 is 0 Å². The van der Waals surface area contributed by atoms with Crippen LogP contribution in [0.4, 0.5) is 0 Å². The van der Waals surface area contributed by atoms with Crippen LogP contribution in [-0.4, -0.2) is 45.0 Å². The Bertz CT molecular complexity index is 487. The number of nitrogens with one attached hydrogen (secondary N) is 1. The molecule has 1 atom stereocenters. The van der Waals surface area contributed by atoms with Crippen molar-refractivity contribution in [2.24, 2.45) is 5.92 Å². The molecule has 2 N–H and O–H groups in total. The Morgan fingerprint density at radius 1 is 1.10 bits per heavy atom. The summed E-state index contributed by atoms with van der Waals surface area (Å²) in [4.78, 5) is 12.4. The molecule has 21 heavy (non-hydrogen) atoms. The molecule has 0 radical (unpaired) electrons. The Morgan fingerprint density at radius 2 is 1.62 bits per heavy atom. The van der Waals surface area contributed by atoms with Gasteiger partial charge in [-0.25, -0.2) is 0 Å². The summed E-state index contributed by atoms with van der Waals surface area (Å²) in [6.45, 7) is 3.72. The summed E-state index contributed by atoms with van der Waals surface area (Å²) in [5.74, 6) is 1.08. The number of benzene rings is 1. The van der Waals surface area contributed by atoms with E-state index in [1.807, 2.05) is 13.8 Å². The second-order valence-electron chi connectivity index (χ2n) is 4.91. The van der Waals surface area contributed by atoms with Gasteiger partial charge in [0.05, 0.1) is 39.5 Å². The van der Waals surface area contributed by atoms with Crippen LogP contribution in [0.2, 0.25) is 0 Å². The minimum absolute atomic E-state index is 0.116. The van der Waals surface area contributed by atoms with E-state index in [4.69, 9.17) is 14.2 Å². The number of aliphatic hydroxyl groups is 1. The van der Waals surface area contributed by atoms with Gasteiger partial charge in [0.1, 0.15) is 5.75 Å². The number of aliphatic hydroxyl groups excluding tert-OH is 1. The summed E-state index contributed by atoms with van der Waals surface area (Å²) < 4.78 is 15.6. The Labute approximate surface area is 125 Å². The second kappa shape index (κ2) is 7.73. The smallest absolute Gasteiger partial charge is 0.255 e. The van der Waals surface area contributed by atoms with Crippen molar-refractivity contribution >= 4 is 5.91 Å². The highest BCUT2D eigenvalue weighted by Crippen LogP contribution is 2.34. The van der Waals surface area contributed by atoms with Gasteiger partial charge in [0.25, 0.3) is 5.91 Å². The van der Waals surface area contributed by atoms with Gasteiger partial charge in [0.2, 0.25) is 0 Å². The normalized spacial score (nSPS) is 12.0. The molecule has 0 fully saturated rings. The SMILES string of the molecule is COc1cc(OC)c(C(=O)N[C@H](CO)C(C)C)cc1OC. The van der Waals surface area contributed by atoms with E-state index in [1.54, 1.807) is 12.1 Å². The molecule has 1 rings (SSSR count). The zero-order chi connectivity index (χ0) is 16.0. The molecule has 6 heteroatoms. The molecule has 0 aliphatic rings. The molecule has 0 saturated carbocycles. The minimum Gasteiger partial charge on any atom is -0.496 e. The van der Waals surface area contributed by atoms with Gasteiger partial charge in [0.15, 0.2) is 11.5 Å². The molecule has 0 heterocycles. The predicted molar refractivity (Wildman–Crippen MR) is 79.3 cm³/mol. The number of rotatable bonds is 7. The maximum Gasteiger partial charge on any atom is 0.255 e. The lowest BCUT2D eigenvalue weighted by molar-refractivity contribution is 0.0893. The molecule has 118 valence electrons. The third-order valence-corrected chi connectivity index (χ3v) is 3.27. The minimum atomic E-state index is -0.333. The fourth-order valence-corrected chi connectivity index (χ4v) is 1.88. The zero-order valence-corrected chi connectivity index (χ0v) is 13.1. The molecule has 0 bridgehead atoms. The van der Waals surface area contributed by atoms with Gasteiger partial charge < -0.3 is 24.6 Å². The fourth-order valence-electron chi connectivity index (χ4n) is 1.88. The first-order chi connectivity index (χ1) is 9.98. The van der Waals surface area contributed by atoms with Crippen molar-refractivity contribution in [3.05, 3.63) is 17.7 Å². The van der Waals surface area contributed by atoms with Crippen molar-refractivity contribution in [2.75, 3.05) is 27.9 Å². The van der Waals surface area contributed by atoms with Crippen LogP contribution in [0, 0.1) is 5.92 Å². The molecule has 1 aromatic carbocycles. The van der Waals surface area contributed by atoms with Gasteiger partial charge in [-0.3, -0.25) is 4.79 Å². The summed E-state index contributed by atoms with van der Waals surface area (Å²) in [5.41, 5.74) is 0.328. The van der Waals surface area contributed by atoms with Crippen molar-refractivity contribution in [3.63, 3.8) is 0 Å². The number of carbonyl (C=O) groups excluding carboxylic acids is 1. The molecule has 0 aromatic heterocycles. The molecule has 0 aliphatic heterocycles. The van der Waals surface area contributed by atoms with E-state index in [0.717, 1.165) is 0 Å². The van der Waals surface area contributed by atoms with Crippen LogP contribution < -0.4 is 19.5 Å². The van der Waals surface area contributed by atoms with Gasteiger partial charge in [-0.1, -0.05) is 13.8 Å².